The Balaban J connectivity index is 1.96. The van der Waals surface area contributed by atoms with Gasteiger partial charge in [0.25, 0.3) is 5.56 Å². The summed E-state index contributed by atoms with van der Waals surface area (Å²) in [6.45, 7) is 1.91. The number of nitrogens with one attached hydrogen (secondary N) is 1. The highest BCUT2D eigenvalue weighted by Crippen LogP contribution is 2.31. The number of benzene rings is 1. The Bertz CT molecular complexity index is 1310. The van der Waals surface area contributed by atoms with E-state index in [9.17, 15) is 9.59 Å². The lowest BCUT2D eigenvalue weighted by molar-refractivity contribution is 0.104. The van der Waals surface area contributed by atoms with Gasteiger partial charge in [0.1, 0.15) is 0 Å². The van der Waals surface area contributed by atoms with Crippen LogP contribution in [0.25, 0.3) is 28.1 Å². The van der Waals surface area contributed by atoms with E-state index in [1.54, 1.807) is 55.1 Å². The van der Waals surface area contributed by atoms with Gasteiger partial charge in [0, 0.05) is 51.8 Å². The molecule has 0 aliphatic heterocycles. The molecule has 5 nitrogen and oxygen atoms in total. The molecule has 0 saturated heterocycles. The van der Waals surface area contributed by atoms with Gasteiger partial charge in [-0.15, -0.1) is 0 Å². The summed E-state index contributed by atoms with van der Waals surface area (Å²) in [5.41, 5.74) is 3.07. The molecule has 0 atom stereocenters. The Morgan fingerprint density at radius 1 is 1.10 bits per heavy atom. The van der Waals surface area contributed by atoms with Crippen LogP contribution in [0.4, 0.5) is 0 Å². The fourth-order valence-electron chi connectivity index (χ4n) is 3.22. The minimum atomic E-state index is -0.461. The summed E-state index contributed by atoms with van der Waals surface area (Å²) >= 11 is 6.21. The average molecular weight is 402 g/mol. The van der Waals surface area contributed by atoms with Crippen LogP contribution in [0, 0.1) is 6.92 Å². The van der Waals surface area contributed by atoms with E-state index in [1.165, 1.54) is 6.08 Å². The van der Waals surface area contributed by atoms with E-state index in [4.69, 9.17) is 11.6 Å². The van der Waals surface area contributed by atoms with Crippen LogP contribution in [0.15, 0.2) is 72.1 Å². The van der Waals surface area contributed by atoms with Crippen LogP contribution in [-0.2, 0) is 0 Å². The van der Waals surface area contributed by atoms with Gasteiger partial charge in [0.15, 0.2) is 5.78 Å². The van der Waals surface area contributed by atoms with Crippen molar-refractivity contribution in [3.05, 3.63) is 99.3 Å². The molecule has 0 aliphatic rings. The number of allylic oxidation sites excluding steroid dienone is 1. The average Bonchev–Trinajstić information content (AvgIpc) is 2.72. The van der Waals surface area contributed by atoms with Gasteiger partial charge in [-0.1, -0.05) is 17.7 Å². The predicted octanol–water partition coefficient (Wildman–Crippen LogP) is 4.84. The second-order valence-corrected chi connectivity index (χ2v) is 7.07. The van der Waals surface area contributed by atoms with Crippen molar-refractivity contribution in [1.29, 1.82) is 0 Å². The van der Waals surface area contributed by atoms with Gasteiger partial charge in [-0.05, 0) is 60.5 Å². The minimum absolute atomic E-state index is 0.0484. The van der Waals surface area contributed by atoms with Crippen molar-refractivity contribution in [1.82, 2.24) is 15.0 Å². The molecule has 0 saturated carbocycles. The molecule has 0 aliphatic carbocycles. The summed E-state index contributed by atoms with van der Waals surface area (Å²) in [6.07, 6.45) is 9.67. The van der Waals surface area contributed by atoms with Crippen LogP contribution >= 0.6 is 11.6 Å². The third kappa shape index (κ3) is 3.86. The fraction of sp³-hybridized carbons (Fsp3) is 0.0435. The van der Waals surface area contributed by atoms with Crippen molar-refractivity contribution in [2.75, 3.05) is 0 Å². The van der Waals surface area contributed by atoms with Crippen molar-refractivity contribution in [2.45, 2.75) is 6.92 Å². The number of carbonyl (C=O) groups excluding carboxylic acids is 1. The number of carbonyl (C=O) groups is 1. The number of H-pyrrole nitrogens is 1. The van der Waals surface area contributed by atoms with E-state index in [0.717, 1.165) is 11.1 Å². The van der Waals surface area contributed by atoms with Gasteiger partial charge in [0.2, 0.25) is 0 Å². The number of ketones is 1. The highest BCUT2D eigenvalue weighted by atomic mass is 35.5. The highest BCUT2D eigenvalue weighted by molar-refractivity contribution is 6.31. The number of rotatable bonds is 4. The molecular formula is C23H16ClN3O2. The summed E-state index contributed by atoms with van der Waals surface area (Å²) in [6, 6.07) is 10.7. The molecule has 0 radical (unpaired) electrons. The lowest BCUT2D eigenvalue weighted by Crippen LogP contribution is -2.18. The number of aromatic amines is 1. The highest BCUT2D eigenvalue weighted by Gasteiger charge is 2.20. The van der Waals surface area contributed by atoms with Crippen LogP contribution < -0.4 is 5.56 Å². The van der Waals surface area contributed by atoms with Gasteiger partial charge in [-0.3, -0.25) is 19.6 Å². The fourth-order valence-corrected chi connectivity index (χ4v) is 3.39. The van der Waals surface area contributed by atoms with E-state index in [-0.39, 0.29) is 5.56 Å². The topological polar surface area (TPSA) is 75.7 Å². The molecule has 6 heteroatoms. The molecule has 0 amide bonds. The Morgan fingerprint density at radius 2 is 1.97 bits per heavy atom. The summed E-state index contributed by atoms with van der Waals surface area (Å²) in [7, 11) is 0. The number of hydrogen-bond donors (Lipinski definition) is 1. The zero-order valence-electron chi connectivity index (χ0n) is 15.5. The summed E-state index contributed by atoms with van der Waals surface area (Å²) in [5, 5.41) is 1.19. The Labute approximate surface area is 171 Å². The lowest BCUT2D eigenvalue weighted by atomic mass is 9.94. The molecule has 0 spiro atoms. The van der Waals surface area contributed by atoms with Crippen LogP contribution in [0.5, 0.6) is 0 Å². The van der Waals surface area contributed by atoms with Crippen LogP contribution in [0.2, 0.25) is 5.02 Å². The van der Waals surface area contributed by atoms with Crippen molar-refractivity contribution >= 4 is 34.4 Å². The number of pyridine rings is 3. The molecule has 0 fully saturated rings. The van der Waals surface area contributed by atoms with E-state index in [1.807, 2.05) is 19.1 Å². The Morgan fingerprint density at radius 3 is 2.72 bits per heavy atom. The first-order chi connectivity index (χ1) is 14.0. The van der Waals surface area contributed by atoms with Gasteiger partial charge >= 0.3 is 0 Å². The molecule has 0 bridgehead atoms. The first kappa shape index (κ1) is 18.8. The molecule has 3 aromatic heterocycles. The van der Waals surface area contributed by atoms with Crippen molar-refractivity contribution in [2.24, 2.45) is 0 Å². The molecule has 4 rings (SSSR count). The zero-order chi connectivity index (χ0) is 20.4. The second-order valence-electron chi connectivity index (χ2n) is 6.63. The maximum Gasteiger partial charge on any atom is 0.260 e. The molecule has 1 N–H and O–H groups in total. The predicted molar refractivity (Wildman–Crippen MR) is 115 cm³/mol. The molecule has 0 unspecified atom stereocenters. The number of hydrogen-bond acceptors (Lipinski definition) is 4. The third-order valence-corrected chi connectivity index (χ3v) is 4.73. The van der Waals surface area contributed by atoms with E-state index in [0.29, 0.717) is 27.1 Å². The normalized spacial score (nSPS) is 11.2. The maximum atomic E-state index is 13.1. The maximum absolute atomic E-state index is 13.1. The number of fused-ring (bicyclic) bond motifs is 1. The van der Waals surface area contributed by atoms with E-state index >= 15 is 0 Å². The van der Waals surface area contributed by atoms with Crippen molar-refractivity contribution in [3.63, 3.8) is 0 Å². The SMILES string of the molecule is Cc1cncc(-c2c(C(=O)/C=C/c3cccnc3)c(=O)[nH]c3ccc(Cl)cc23)c1. The zero-order valence-corrected chi connectivity index (χ0v) is 16.3. The van der Waals surface area contributed by atoms with Crippen LogP contribution in [-0.4, -0.2) is 20.7 Å². The molecule has 1 aromatic carbocycles. The van der Waals surface area contributed by atoms with Gasteiger partial charge < -0.3 is 4.98 Å². The summed E-state index contributed by atoms with van der Waals surface area (Å²) < 4.78 is 0. The van der Waals surface area contributed by atoms with E-state index < -0.39 is 11.3 Å². The van der Waals surface area contributed by atoms with E-state index in [2.05, 4.69) is 15.0 Å². The summed E-state index contributed by atoms with van der Waals surface area (Å²) in [4.78, 5) is 37.0. The van der Waals surface area contributed by atoms with Crippen molar-refractivity contribution in [3.8, 4) is 11.1 Å². The number of aryl methyl sites for hydroxylation is 1. The smallest absolute Gasteiger partial charge is 0.260 e. The second kappa shape index (κ2) is 7.81. The first-order valence-corrected chi connectivity index (χ1v) is 9.31. The van der Waals surface area contributed by atoms with Gasteiger partial charge in [-0.25, -0.2) is 0 Å². The molecule has 29 heavy (non-hydrogen) atoms. The third-order valence-electron chi connectivity index (χ3n) is 4.50. The number of halogens is 1. The monoisotopic (exact) mass is 401 g/mol. The number of nitrogens with zero attached hydrogens (tertiary/aromatic N) is 2. The Hall–Kier alpha value is -3.57. The molecule has 3 heterocycles. The quantitative estimate of drug-likeness (QED) is 0.392. The molecule has 142 valence electrons. The summed E-state index contributed by atoms with van der Waals surface area (Å²) in [5.74, 6) is -0.409. The van der Waals surface area contributed by atoms with Crippen LogP contribution in [0.3, 0.4) is 0 Å². The largest absolute Gasteiger partial charge is 0.321 e. The van der Waals surface area contributed by atoms with Crippen molar-refractivity contribution < 1.29 is 4.79 Å². The van der Waals surface area contributed by atoms with Gasteiger partial charge in [0.05, 0.1) is 5.56 Å². The first-order valence-electron chi connectivity index (χ1n) is 8.93. The molecular weight excluding hydrogens is 386 g/mol. The Kier molecular flexibility index (Phi) is 5.06. The van der Waals surface area contributed by atoms with Crippen LogP contribution in [0.1, 0.15) is 21.5 Å². The van der Waals surface area contributed by atoms with Gasteiger partial charge in [-0.2, -0.15) is 0 Å². The molecule has 4 aromatic rings. The standard InChI is InChI=1S/C23H16ClN3O2/c1-14-9-16(13-26-11-14)21-18-10-17(24)5-6-19(18)27-23(29)22(21)20(28)7-4-15-3-2-8-25-12-15/h2-13H,1H3,(H,27,29)/b7-4+. The number of aromatic nitrogens is 3. The lowest BCUT2D eigenvalue weighted by Gasteiger charge is -2.12. The minimum Gasteiger partial charge on any atom is -0.321 e.